The molecule has 0 N–H and O–H groups in total. The standard InChI is InChI=1S/C26H23ClN2O4/c27-20-10-12-21(13-11-20)29-17-26(33-25(29)31)16-28(14-15-32-18-26)24(30)23-9-5-4-8-22(23)19-6-2-1-3-7-19/h1-13H,14-18H2. The molecule has 33 heavy (non-hydrogen) atoms. The Kier molecular flexibility index (Phi) is 5.79. The van der Waals surface area contributed by atoms with Crippen LogP contribution in [0, 0.1) is 0 Å². The Labute approximate surface area is 197 Å². The number of hydrogen-bond acceptors (Lipinski definition) is 4. The number of anilines is 1. The lowest BCUT2D eigenvalue weighted by molar-refractivity contribution is -0.0140. The van der Waals surface area contributed by atoms with Crippen LogP contribution in [0.5, 0.6) is 0 Å². The lowest BCUT2D eigenvalue weighted by atomic mass is 9.98. The van der Waals surface area contributed by atoms with Gasteiger partial charge in [0.2, 0.25) is 0 Å². The van der Waals surface area contributed by atoms with Crippen LogP contribution >= 0.6 is 11.6 Å². The molecule has 0 radical (unpaired) electrons. The van der Waals surface area contributed by atoms with E-state index in [1.807, 2.05) is 54.6 Å². The lowest BCUT2D eigenvalue weighted by Crippen LogP contribution is -2.49. The van der Waals surface area contributed by atoms with Gasteiger partial charge in [-0.1, -0.05) is 60.1 Å². The molecule has 0 aliphatic carbocycles. The molecule has 2 amide bonds. The molecule has 5 rings (SSSR count). The van der Waals surface area contributed by atoms with Gasteiger partial charge in [0.1, 0.15) is 0 Å². The number of rotatable bonds is 3. The van der Waals surface area contributed by atoms with Crippen LogP contribution in [0.25, 0.3) is 11.1 Å². The summed E-state index contributed by atoms with van der Waals surface area (Å²) < 4.78 is 11.6. The first kappa shape index (κ1) is 21.5. The molecule has 1 unspecified atom stereocenters. The Morgan fingerprint density at radius 2 is 1.64 bits per heavy atom. The zero-order valence-electron chi connectivity index (χ0n) is 17.9. The van der Waals surface area contributed by atoms with Crippen molar-refractivity contribution in [1.82, 2.24) is 4.90 Å². The molecule has 3 aromatic carbocycles. The Bertz CT molecular complexity index is 1170. The maximum atomic E-state index is 13.7. The minimum atomic E-state index is -0.940. The summed E-state index contributed by atoms with van der Waals surface area (Å²) in [6.07, 6.45) is -0.458. The molecule has 2 aliphatic rings. The fourth-order valence-corrected chi connectivity index (χ4v) is 4.51. The van der Waals surface area contributed by atoms with Crippen LogP contribution in [-0.4, -0.2) is 55.3 Å². The maximum absolute atomic E-state index is 13.7. The van der Waals surface area contributed by atoms with Crippen molar-refractivity contribution >= 4 is 29.3 Å². The van der Waals surface area contributed by atoms with Gasteiger partial charge in [0.25, 0.3) is 5.91 Å². The minimum Gasteiger partial charge on any atom is -0.436 e. The molecule has 2 heterocycles. The third-order valence-electron chi connectivity index (χ3n) is 5.99. The zero-order chi connectivity index (χ0) is 22.8. The van der Waals surface area contributed by atoms with E-state index in [1.165, 1.54) is 0 Å². The number of carbonyl (C=O) groups is 2. The third-order valence-corrected chi connectivity index (χ3v) is 6.24. The molecule has 2 fully saturated rings. The van der Waals surface area contributed by atoms with Crippen molar-refractivity contribution in [1.29, 1.82) is 0 Å². The van der Waals surface area contributed by atoms with E-state index in [9.17, 15) is 9.59 Å². The van der Waals surface area contributed by atoms with Crippen LogP contribution in [-0.2, 0) is 9.47 Å². The van der Waals surface area contributed by atoms with E-state index in [0.717, 1.165) is 11.1 Å². The number of halogens is 1. The van der Waals surface area contributed by atoms with E-state index in [4.69, 9.17) is 21.1 Å². The van der Waals surface area contributed by atoms with Gasteiger partial charge in [0.15, 0.2) is 5.60 Å². The van der Waals surface area contributed by atoms with Gasteiger partial charge >= 0.3 is 6.09 Å². The number of benzene rings is 3. The molecular formula is C26H23ClN2O4. The Morgan fingerprint density at radius 1 is 0.909 bits per heavy atom. The number of nitrogens with zero attached hydrogens (tertiary/aromatic N) is 2. The summed E-state index contributed by atoms with van der Waals surface area (Å²) in [4.78, 5) is 29.7. The molecule has 0 bridgehead atoms. The van der Waals surface area contributed by atoms with Crippen molar-refractivity contribution in [2.45, 2.75) is 5.60 Å². The highest BCUT2D eigenvalue weighted by molar-refractivity contribution is 6.30. The van der Waals surface area contributed by atoms with Gasteiger partial charge in [-0.15, -0.1) is 0 Å². The first-order valence-corrected chi connectivity index (χ1v) is 11.2. The highest BCUT2D eigenvalue weighted by Crippen LogP contribution is 2.32. The predicted molar refractivity (Wildman–Crippen MR) is 127 cm³/mol. The fourth-order valence-electron chi connectivity index (χ4n) is 4.39. The van der Waals surface area contributed by atoms with Gasteiger partial charge in [-0.05, 0) is 41.5 Å². The maximum Gasteiger partial charge on any atom is 0.415 e. The molecular weight excluding hydrogens is 440 g/mol. The van der Waals surface area contributed by atoms with Gasteiger partial charge in [-0.2, -0.15) is 0 Å². The summed E-state index contributed by atoms with van der Waals surface area (Å²) in [7, 11) is 0. The second-order valence-electron chi connectivity index (χ2n) is 8.30. The summed E-state index contributed by atoms with van der Waals surface area (Å²) in [6, 6.07) is 24.4. The number of ether oxygens (including phenoxy) is 2. The highest BCUT2D eigenvalue weighted by Gasteiger charge is 2.49. The molecule has 0 aromatic heterocycles. The molecule has 2 aliphatic heterocycles. The number of hydrogen-bond donors (Lipinski definition) is 0. The molecule has 6 nitrogen and oxygen atoms in total. The molecule has 0 saturated carbocycles. The average molecular weight is 463 g/mol. The molecule has 1 spiro atoms. The van der Waals surface area contributed by atoms with E-state index >= 15 is 0 Å². The summed E-state index contributed by atoms with van der Waals surface area (Å²) in [5, 5.41) is 0.590. The van der Waals surface area contributed by atoms with Crippen LogP contribution in [0.1, 0.15) is 10.4 Å². The molecule has 3 aromatic rings. The summed E-state index contributed by atoms with van der Waals surface area (Å²) in [6.45, 7) is 1.57. The van der Waals surface area contributed by atoms with E-state index in [2.05, 4.69) is 0 Å². The topological polar surface area (TPSA) is 59.1 Å². The van der Waals surface area contributed by atoms with E-state index < -0.39 is 11.7 Å². The molecule has 7 heteroatoms. The van der Waals surface area contributed by atoms with Crippen molar-refractivity contribution in [3.05, 3.63) is 89.4 Å². The first-order chi connectivity index (χ1) is 16.0. The highest BCUT2D eigenvalue weighted by atomic mass is 35.5. The Hall–Kier alpha value is -3.35. The zero-order valence-corrected chi connectivity index (χ0v) is 18.7. The van der Waals surface area contributed by atoms with Crippen LogP contribution in [0.2, 0.25) is 5.02 Å². The van der Waals surface area contributed by atoms with Crippen molar-refractivity contribution in [3.63, 3.8) is 0 Å². The minimum absolute atomic E-state index is 0.111. The SMILES string of the molecule is O=C(c1ccccc1-c1ccccc1)N1CCOCC2(C1)CN(c1ccc(Cl)cc1)C(=O)O2. The predicted octanol–water partition coefficient (Wildman–Crippen LogP) is 4.88. The Balaban J connectivity index is 1.41. The normalized spacial score (nSPS) is 20.6. The quantitative estimate of drug-likeness (QED) is 0.557. The van der Waals surface area contributed by atoms with E-state index in [0.29, 0.717) is 29.4 Å². The summed E-state index contributed by atoms with van der Waals surface area (Å²) in [5.74, 6) is -0.111. The van der Waals surface area contributed by atoms with Crippen LogP contribution in [0.4, 0.5) is 10.5 Å². The van der Waals surface area contributed by atoms with Gasteiger partial charge in [0.05, 0.1) is 26.3 Å². The number of amides is 2. The molecule has 168 valence electrons. The largest absolute Gasteiger partial charge is 0.436 e. The summed E-state index contributed by atoms with van der Waals surface area (Å²) >= 11 is 5.99. The van der Waals surface area contributed by atoms with Crippen LogP contribution in [0.3, 0.4) is 0 Å². The van der Waals surface area contributed by atoms with Gasteiger partial charge in [-0.3, -0.25) is 9.69 Å². The van der Waals surface area contributed by atoms with Gasteiger partial charge in [-0.25, -0.2) is 4.79 Å². The second kappa shape index (κ2) is 8.89. The number of carbonyl (C=O) groups excluding carboxylic acids is 2. The van der Waals surface area contributed by atoms with E-state index in [1.54, 1.807) is 34.1 Å². The Morgan fingerprint density at radius 3 is 2.42 bits per heavy atom. The summed E-state index contributed by atoms with van der Waals surface area (Å²) in [5.41, 5.74) is 2.21. The van der Waals surface area contributed by atoms with Crippen molar-refractivity contribution in [3.8, 4) is 11.1 Å². The van der Waals surface area contributed by atoms with E-state index in [-0.39, 0.29) is 25.6 Å². The fraction of sp³-hybridized carbons (Fsp3) is 0.231. The lowest BCUT2D eigenvalue weighted by Gasteiger charge is -2.30. The van der Waals surface area contributed by atoms with Gasteiger partial charge in [0, 0.05) is 22.8 Å². The molecule has 2 saturated heterocycles. The first-order valence-electron chi connectivity index (χ1n) is 10.8. The van der Waals surface area contributed by atoms with Crippen molar-refractivity contribution in [2.24, 2.45) is 0 Å². The van der Waals surface area contributed by atoms with Crippen molar-refractivity contribution < 1.29 is 19.1 Å². The second-order valence-corrected chi connectivity index (χ2v) is 8.74. The monoisotopic (exact) mass is 462 g/mol. The smallest absolute Gasteiger partial charge is 0.415 e. The molecule has 1 atom stereocenters. The van der Waals surface area contributed by atoms with Crippen molar-refractivity contribution in [2.75, 3.05) is 37.7 Å². The third kappa shape index (κ3) is 4.32. The van der Waals surface area contributed by atoms with Crippen LogP contribution < -0.4 is 4.90 Å². The average Bonchev–Trinajstić information content (AvgIpc) is 3.03. The van der Waals surface area contributed by atoms with Gasteiger partial charge < -0.3 is 14.4 Å². The van der Waals surface area contributed by atoms with Crippen LogP contribution in [0.15, 0.2) is 78.9 Å².